The molecular formula is C13H17BrOS. The van der Waals surface area contributed by atoms with Gasteiger partial charge in [0.05, 0.1) is 5.75 Å². The van der Waals surface area contributed by atoms with Crippen LogP contribution in [0.15, 0.2) is 33.6 Å². The zero-order valence-corrected chi connectivity index (χ0v) is 11.9. The highest BCUT2D eigenvalue weighted by Gasteiger charge is 2.04. The summed E-state index contributed by atoms with van der Waals surface area (Å²) >= 11 is 5.09. The first kappa shape index (κ1) is 13.8. The molecule has 0 spiro atoms. The Hall–Kier alpha value is -0.280. The average Bonchev–Trinajstić information content (AvgIpc) is 2.28. The second kappa shape index (κ2) is 7.91. The number of benzene rings is 1. The molecule has 3 heteroatoms. The summed E-state index contributed by atoms with van der Waals surface area (Å²) in [5.74, 6) is 0.945. The summed E-state index contributed by atoms with van der Waals surface area (Å²) in [5, 5.41) is 0. The molecule has 1 nitrogen and oxygen atoms in total. The van der Waals surface area contributed by atoms with Gasteiger partial charge in [-0.25, -0.2) is 0 Å². The average molecular weight is 301 g/mol. The van der Waals surface area contributed by atoms with E-state index in [1.165, 1.54) is 6.42 Å². The van der Waals surface area contributed by atoms with Crippen LogP contribution in [0.4, 0.5) is 0 Å². The number of hydrogen-bond acceptors (Lipinski definition) is 2. The van der Waals surface area contributed by atoms with E-state index in [0.29, 0.717) is 11.5 Å². The van der Waals surface area contributed by atoms with E-state index in [1.807, 2.05) is 24.3 Å². The molecule has 0 aliphatic carbocycles. The maximum atomic E-state index is 11.6. The molecule has 0 heterocycles. The lowest BCUT2D eigenvalue weighted by molar-refractivity contribution is -0.116. The largest absolute Gasteiger partial charge is 0.299 e. The van der Waals surface area contributed by atoms with Crippen LogP contribution in [0.1, 0.15) is 32.6 Å². The summed E-state index contributed by atoms with van der Waals surface area (Å²) in [6, 6.07) is 8.02. The summed E-state index contributed by atoms with van der Waals surface area (Å²) in [6.45, 7) is 2.15. The second-order valence-electron chi connectivity index (χ2n) is 3.71. The number of thioether (sulfide) groups is 1. The van der Waals surface area contributed by atoms with E-state index < -0.39 is 0 Å². The number of halogens is 1. The minimum atomic E-state index is 0.356. The van der Waals surface area contributed by atoms with Crippen molar-refractivity contribution >= 4 is 33.5 Å². The number of carbonyl (C=O) groups is 1. The molecule has 0 aliphatic heterocycles. The zero-order chi connectivity index (χ0) is 11.8. The molecule has 0 aromatic heterocycles. The van der Waals surface area contributed by atoms with Crippen molar-refractivity contribution in [3.63, 3.8) is 0 Å². The van der Waals surface area contributed by atoms with Crippen molar-refractivity contribution in [2.24, 2.45) is 0 Å². The molecule has 16 heavy (non-hydrogen) atoms. The Kier molecular flexibility index (Phi) is 6.81. The Bertz CT molecular complexity index is 338. The third-order valence-corrected chi connectivity index (χ3v) is 4.37. The van der Waals surface area contributed by atoms with Gasteiger partial charge in [-0.2, -0.15) is 0 Å². The van der Waals surface area contributed by atoms with Crippen LogP contribution in [-0.2, 0) is 4.79 Å². The Balaban J connectivity index is 2.29. The third kappa shape index (κ3) is 5.17. The highest BCUT2D eigenvalue weighted by Crippen LogP contribution is 2.27. The van der Waals surface area contributed by atoms with Gasteiger partial charge in [0.2, 0.25) is 0 Å². The van der Waals surface area contributed by atoms with Crippen LogP contribution < -0.4 is 0 Å². The van der Waals surface area contributed by atoms with Gasteiger partial charge in [0.25, 0.3) is 0 Å². The summed E-state index contributed by atoms with van der Waals surface area (Å²) in [7, 11) is 0. The molecule has 1 rings (SSSR count). The molecule has 88 valence electrons. The lowest BCUT2D eigenvalue weighted by Crippen LogP contribution is -2.00. The van der Waals surface area contributed by atoms with E-state index in [4.69, 9.17) is 0 Å². The van der Waals surface area contributed by atoms with Gasteiger partial charge >= 0.3 is 0 Å². The number of Topliss-reactive ketones (excluding diaryl/α,β-unsaturated/α-hetero) is 1. The highest BCUT2D eigenvalue weighted by atomic mass is 79.9. The normalized spacial score (nSPS) is 10.4. The van der Waals surface area contributed by atoms with Crippen molar-refractivity contribution < 1.29 is 4.79 Å². The minimum Gasteiger partial charge on any atom is -0.299 e. The number of hydrogen-bond donors (Lipinski definition) is 0. The van der Waals surface area contributed by atoms with Crippen molar-refractivity contribution in [1.29, 1.82) is 0 Å². The lowest BCUT2D eigenvalue weighted by Gasteiger charge is -2.03. The summed E-state index contributed by atoms with van der Waals surface area (Å²) in [5.41, 5.74) is 0. The first-order chi connectivity index (χ1) is 7.74. The fourth-order valence-corrected chi connectivity index (χ4v) is 2.83. The van der Waals surface area contributed by atoms with E-state index in [0.717, 1.165) is 28.6 Å². The van der Waals surface area contributed by atoms with E-state index in [2.05, 4.69) is 22.9 Å². The molecule has 0 saturated heterocycles. The van der Waals surface area contributed by atoms with Gasteiger partial charge in [0.1, 0.15) is 5.78 Å². The monoisotopic (exact) mass is 300 g/mol. The summed E-state index contributed by atoms with van der Waals surface area (Å²) in [4.78, 5) is 12.7. The number of unbranched alkanes of at least 4 members (excludes halogenated alkanes) is 2. The van der Waals surface area contributed by atoms with Crippen LogP contribution in [0.5, 0.6) is 0 Å². The smallest absolute Gasteiger partial charge is 0.143 e. The highest BCUT2D eigenvalue weighted by molar-refractivity contribution is 9.10. The van der Waals surface area contributed by atoms with Gasteiger partial charge in [0, 0.05) is 15.8 Å². The lowest BCUT2D eigenvalue weighted by atomic mass is 10.2. The third-order valence-electron chi connectivity index (χ3n) is 2.28. The van der Waals surface area contributed by atoms with Crippen LogP contribution in [0.25, 0.3) is 0 Å². The quantitative estimate of drug-likeness (QED) is 0.537. The Labute approximate surface area is 110 Å². The molecule has 0 aliphatic rings. The van der Waals surface area contributed by atoms with Gasteiger partial charge in [-0.1, -0.05) is 31.9 Å². The molecule has 0 radical (unpaired) electrons. The van der Waals surface area contributed by atoms with Gasteiger partial charge in [0.15, 0.2) is 0 Å². The van der Waals surface area contributed by atoms with Crippen LogP contribution in [0, 0.1) is 0 Å². The predicted molar refractivity (Wildman–Crippen MR) is 74.0 cm³/mol. The first-order valence-corrected chi connectivity index (χ1v) is 7.41. The van der Waals surface area contributed by atoms with Crippen molar-refractivity contribution in [2.45, 2.75) is 37.5 Å². The van der Waals surface area contributed by atoms with E-state index in [-0.39, 0.29) is 0 Å². The number of rotatable bonds is 7. The predicted octanol–water partition coefficient (Wildman–Crippen LogP) is 4.69. The summed E-state index contributed by atoms with van der Waals surface area (Å²) < 4.78 is 1.07. The van der Waals surface area contributed by atoms with E-state index >= 15 is 0 Å². The fourth-order valence-electron chi connectivity index (χ4n) is 1.36. The fraction of sp³-hybridized carbons (Fsp3) is 0.462. The number of carbonyl (C=O) groups excluding carboxylic acids is 1. The SMILES string of the molecule is CCCCCC(=O)CSc1ccccc1Br. The van der Waals surface area contributed by atoms with Crippen LogP contribution in [0.2, 0.25) is 0 Å². The Morgan fingerprint density at radius 2 is 2.06 bits per heavy atom. The van der Waals surface area contributed by atoms with Crippen molar-refractivity contribution in [3.05, 3.63) is 28.7 Å². The van der Waals surface area contributed by atoms with E-state index in [9.17, 15) is 4.79 Å². The molecule has 0 saturated carbocycles. The molecule has 0 amide bonds. The Morgan fingerprint density at radius 3 is 2.75 bits per heavy atom. The maximum Gasteiger partial charge on any atom is 0.143 e. The van der Waals surface area contributed by atoms with Gasteiger partial charge in [-0.15, -0.1) is 11.8 Å². The van der Waals surface area contributed by atoms with E-state index in [1.54, 1.807) is 11.8 Å². The topological polar surface area (TPSA) is 17.1 Å². The molecule has 0 N–H and O–H groups in total. The minimum absolute atomic E-state index is 0.356. The number of ketones is 1. The van der Waals surface area contributed by atoms with Crippen molar-refractivity contribution in [1.82, 2.24) is 0 Å². The zero-order valence-electron chi connectivity index (χ0n) is 9.54. The van der Waals surface area contributed by atoms with Gasteiger partial charge in [-0.3, -0.25) is 4.79 Å². The van der Waals surface area contributed by atoms with Crippen LogP contribution >= 0.6 is 27.7 Å². The molecular weight excluding hydrogens is 284 g/mol. The van der Waals surface area contributed by atoms with Crippen LogP contribution in [-0.4, -0.2) is 11.5 Å². The molecule has 0 atom stereocenters. The molecule has 0 unspecified atom stereocenters. The first-order valence-electron chi connectivity index (χ1n) is 5.63. The van der Waals surface area contributed by atoms with Crippen molar-refractivity contribution in [3.8, 4) is 0 Å². The molecule has 0 bridgehead atoms. The molecule has 1 aromatic carbocycles. The molecule has 0 fully saturated rings. The van der Waals surface area contributed by atoms with Gasteiger partial charge in [-0.05, 0) is 34.5 Å². The second-order valence-corrected chi connectivity index (χ2v) is 5.59. The molecule has 1 aromatic rings. The standard InChI is InChI=1S/C13H17BrOS/c1-2-3-4-7-11(15)10-16-13-9-6-5-8-12(13)14/h5-6,8-9H,2-4,7,10H2,1H3. The van der Waals surface area contributed by atoms with Crippen molar-refractivity contribution in [2.75, 3.05) is 5.75 Å². The Morgan fingerprint density at radius 1 is 1.31 bits per heavy atom. The summed E-state index contributed by atoms with van der Waals surface area (Å²) in [6.07, 6.45) is 4.09. The van der Waals surface area contributed by atoms with Crippen LogP contribution in [0.3, 0.4) is 0 Å². The van der Waals surface area contributed by atoms with Gasteiger partial charge < -0.3 is 0 Å². The maximum absolute atomic E-state index is 11.6.